The second kappa shape index (κ2) is 6.34. The second-order valence-electron chi connectivity index (χ2n) is 4.26. The zero-order valence-corrected chi connectivity index (χ0v) is 10.4. The number of hydrogen-bond donors (Lipinski definition) is 3. The van der Waals surface area contributed by atoms with Gasteiger partial charge in [-0.25, -0.2) is 4.79 Å². The van der Waals surface area contributed by atoms with Gasteiger partial charge in [0.2, 0.25) is 11.8 Å². The summed E-state index contributed by atoms with van der Waals surface area (Å²) in [5.74, 6) is -1.76. The van der Waals surface area contributed by atoms with E-state index in [4.69, 9.17) is 10.8 Å². The van der Waals surface area contributed by atoms with E-state index in [9.17, 15) is 14.4 Å². The molecule has 0 aromatic heterocycles. The van der Waals surface area contributed by atoms with Crippen molar-refractivity contribution in [2.75, 3.05) is 13.1 Å². The number of carboxylic acid groups (broad SMARTS) is 1. The maximum atomic E-state index is 11.9. The molecule has 2 amide bonds. The van der Waals surface area contributed by atoms with Crippen molar-refractivity contribution in [3.63, 3.8) is 0 Å². The average Bonchev–Trinajstić information content (AvgIpc) is 2.83. The van der Waals surface area contributed by atoms with Crippen LogP contribution in [-0.4, -0.2) is 53.0 Å². The van der Waals surface area contributed by atoms with Gasteiger partial charge in [0.1, 0.15) is 12.1 Å². The van der Waals surface area contributed by atoms with Crippen LogP contribution in [0.3, 0.4) is 0 Å². The number of nitrogens with one attached hydrogen (secondary N) is 1. The van der Waals surface area contributed by atoms with Crippen molar-refractivity contribution in [3.05, 3.63) is 0 Å². The molecule has 1 heterocycles. The summed E-state index contributed by atoms with van der Waals surface area (Å²) in [7, 11) is 0. The maximum Gasteiger partial charge on any atom is 0.326 e. The van der Waals surface area contributed by atoms with Gasteiger partial charge in [-0.05, 0) is 19.3 Å². The quantitative estimate of drug-likeness (QED) is 0.543. The zero-order valence-electron chi connectivity index (χ0n) is 10.4. The van der Waals surface area contributed by atoms with Crippen LogP contribution in [0.5, 0.6) is 0 Å². The fourth-order valence-corrected chi connectivity index (χ4v) is 2.06. The molecule has 0 aromatic carbocycles. The molecule has 1 fully saturated rings. The van der Waals surface area contributed by atoms with Gasteiger partial charge in [0.15, 0.2) is 0 Å². The fourth-order valence-electron chi connectivity index (χ4n) is 2.06. The Morgan fingerprint density at radius 1 is 1.50 bits per heavy atom. The Bertz CT molecular complexity index is 345. The van der Waals surface area contributed by atoms with Crippen LogP contribution in [0.4, 0.5) is 0 Å². The topological polar surface area (TPSA) is 113 Å². The van der Waals surface area contributed by atoms with Gasteiger partial charge in [0, 0.05) is 6.54 Å². The molecule has 1 rings (SSSR count). The summed E-state index contributed by atoms with van der Waals surface area (Å²) in [6.45, 7) is 2.04. The van der Waals surface area contributed by atoms with Crippen LogP contribution in [-0.2, 0) is 14.4 Å². The van der Waals surface area contributed by atoms with E-state index >= 15 is 0 Å². The third-order valence-corrected chi connectivity index (χ3v) is 3.07. The summed E-state index contributed by atoms with van der Waals surface area (Å²) in [4.78, 5) is 35.7. The van der Waals surface area contributed by atoms with Crippen LogP contribution in [0, 0.1) is 0 Å². The van der Waals surface area contributed by atoms with Gasteiger partial charge in [0.05, 0.1) is 6.54 Å². The Morgan fingerprint density at radius 3 is 2.67 bits per heavy atom. The first-order chi connectivity index (χ1) is 8.51. The molecule has 0 bridgehead atoms. The minimum atomic E-state index is -1.07. The molecule has 0 aromatic rings. The summed E-state index contributed by atoms with van der Waals surface area (Å²) < 4.78 is 0. The lowest BCUT2D eigenvalue weighted by Crippen LogP contribution is -2.51. The first-order valence-electron chi connectivity index (χ1n) is 6.04. The molecule has 1 unspecified atom stereocenters. The highest BCUT2D eigenvalue weighted by atomic mass is 16.5. The highest BCUT2D eigenvalue weighted by Crippen LogP contribution is 2.17. The number of likely N-dealkylation sites (tertiary alicyclic amines) is 1. The molecule has 1 aliphatic rings. The molecule has 18 heavy (non-hydrogen) atoms. The van der Waals surface area contributed by atoms with E-state index in [0.29, 0.717) is 19.4 Å². The number of aliphatic carboxylic acids is 1. The van der Waals surface area contributed by atoms with Crippen molar-refractivity contribution in [2.45, 2.75) is 38.3 Å². The van der Waals surface area contributed by atoms with Crippen LogP contribution in [0.25, 0.3) is 0 Å². The number of nitrogens with two attached hydrogens (primary N) is 1. The number of carbonyl (C=O) groups is 3. The summed E-state index contributed by atoms with van der Waals surface area (Å²) in [5.41, 5.74) is 5.27. The monoisotopic (exact) mass is 258 g/mol. The van der Waals surface area contributed by atoms with Crippen LogP contribution in [0.15, 0.2) is 0 Å². The van der Waals surface area contributed by atoms with Crippen LogP contribution < -0.4 is 11.1 Å². The molecule has 1 aliphatic heterocycles. The molecule has 2 atom stereocenters. The first-order valence-corrected chi connectivity index (χ1v) is 6.04. The predicted octanol–water partition coefficient (Wildman–Crippen LogP) is -1.08. The summed E-state index contributed by atoms with van der Waals surface area (Å²) in [5, 5.41) is 11.3. The van der Waals surface area contributed by atoms with E-state index in [1.54, 1.807) is 6.92 Å². The first kappa shape index (κ1) is 14.4. The van der Waals surface area contributed by atoms with Crippen molar-refractivity contribution in [1.29, 1.82) is 0 Å². The molecule has 0 spiro atoms. The number of nitrogens with zero attached hydrogens (tertiary/aromatic N) is 1. The molecule has 7 nitrogen and oxygen atoms in total. The average molecular weight is 258 g/mol. The number of hydrogen-bond acceptors (Lipinski definition) is 4. The van der Waals surface area contributed by atoms with E-state index in [1.165, 1.54) is 4.90 Å². The Morgan fingerprint density at radius 2 is 2.17 bits per heavy atom. The second-order valence-corrected chi connectivity index (χ2v) is 4.26. The number of amides is 2. The van der Waals surface area contributed by atoms with E-state index < -0.39 is 24.0 Å². The third-order valence-electron chi connectivity index (χ3n) is 3.07. The van der Waals surface area contributed by atoms with Crippen LogP contribution >= 0.6 is 0 Å². The Balaban J connectivity index is 2.65. The largest absolute Gasteiger partial charge is 0.480 e. The summed E-state index contributed by atoms with van der Waals surface area (Å²) >= 11 is 0. The van der Waals surface area contributed by atoms with E-state index in [-0.39, 0.29) is 12.5 Å². The standard InChI is InChI=1S/C11H19N3O4/c1-2-7(11(17)18)13-10(16)8-4-3-5-14(8)9(15)6-12/h7-8H,2-6,12H2,1H3,(H,13,16)(H,17,18)/t7?,8-/m0/s1/i11+1. The Labute approximate surface area is 105 Å². The van der Waals surface area contributed by atoms with Crippen LogP contribution in [0.1, 0.15) is 26.2 Å². The van der Waals surface area contributed by atoms with E-state index in [1.807, 2.05) is 0 Å². The Kier molecular flexibility index (Phi) is 5.08. The van der Waals surface area contributed by atoms with Gasteiger partial charge in [-0.15, -0.1) is 0 Å². The maximum absolute atomic E-state index is 11.9. The number of carboxylic acids is 1. The Hall–Kier alpha value is -1.63. The van der Waals surface area contributed by atoms with Crippen molar-refractivity contribution < 1.29 is 19.5 Å². The zero-order chi connectivity index (χ0) is 13.7. The molecular formula is C11H19N3O4. The molecular weight excluding hydrogens is 239 g/mol. The minimum absolute atomic E-state index is 0.139. The summed E-state index contributed by atoms with van der Waals surface area (Å²) in [6.07, 6.45) is 1.58. The van der Waals surface area contributed by atoms with Crippen molar-refractivity contribution in [3.8, 4) is 0 Å². The van der Waals surface area contributed by atoms with E-state index in [2.05, 4.69) is 5.32 Å². The normalized spacial score (nSPS) is 20.6. The van der Waals surface area contributed by atoms with Gasteiger partial charge >= 0.3 is 5.97 Å². The van der Waals surface area contributed by atoms with Gasteiger partial charge in [-0.3, -0.25) is 9.59 Å². The van der Waals surface area contributed by atoms with Gasteiger partial charge in [0.25, 0.3) is 0 Å². The SMILES string of the molecule is CCC(NC(=O)[C@@H]1CCCN1C(=O)CN)[13C](=O)O. The molecule has 102 valence electrons. The van der Waals surface area contributed by atoms with Crippen LogP contribution in [0.2, 0.25) is 0 Å². The predicted molar refractivity (Wildman–Crippen MR) is 63.6 cm³/mol. The van der Waals surface area contributed by atoms with Gasteiger partial charge < -0.3 is 21.1 Å². The molecule has 1 saturated heterocycles. The van der Waals surface area contributed by atoms with Gasteiger partial charge in [-0.2, -0.15) is 0 Å². The third kappa shape index (κ3) is 3.19. The lowest BCUT2D eigenvalue weighted by Gasteiger charge is -2.24. The molecule has 0 saturated carbocycles. The fraction of sp³-hybridized carbons (Fsp3) is 0.727. The number of rotatable bonds is 5. The summed E-state index contributed by atoms with van der Waals surface area (Å²) in [6, 6.07) is -1.50. The lowest BCUT2D eigenvalue weighted by molar-refractivity contribution is -0.143. The van der Waals surface area contributed by atoms with Crippen molar-refractivity contribution in [2.24, 2.45) is 5.73 Å². The molecule has 0 radical (unpaired) electrons. The highest BCUT2D eigenvalue weighted by molar-refractivity contribution is 5.91. The van der Waals surface area contributed by atoms with Gasteiger partial charge in [-0.1, -0.05) is 6.92 Å². The highest BCUT2D eigenvalue weighted by Gasteiger charge is 2.34. The number of carbonyl (C=O) groups excluding carboxylic acids is 2. The minimum Gasteiger partial charge on any atom is -0.480 e. The van der Waals surface area contributed by atoms with Crippen molar-refractivity contribution in [1.82, 2.24) is 10.2 Å². The smallest absolute Gasteiger partial charge is 0.326 e. The lowest BCUT2D eigenvalue weighted by atomic mass is 10.2. The molecule has 0 aliphatic carbocycles. The molecule has 7 heteroatoms. The molecule has 4 N–H and O–H groups in total. The van der Waals surface area contributed by atoms with E-state index in [0.717, 1.165) is 6.42 Å². The van der Waals surface area contributed by atoms with Crippen molar-refractivity contribution >= 4 is 17.8 Å².